The lowest BCUT2D eigenvalue weighted by Crippen LogP contribution is -2.41. The van der Waals surface area contributed by atoms with Crippen LogP contribution in [0.5, 0.6) is 17.2 Å². The normalized spacial score (nSPS) is 32.1. The number of ether oxygens (including phenoxy) is 4. The van der Waals surface area contributed by atoms with Crippen LogP contribution < -0.4 is 14.2 Å². The van der Waals surface area contributed by atoms with Gasteiger partial charge in [-0.3, -0.25) is 0 Å². The summed E-state index contributed by atoms with van der Waals surface area (Å²) in [6.45, 7) is -0.625. The Kier molecular flexibility index (Phi) is 5.21. The number of benzene rings is 2. The van der Waals surface area contributed by atoms with Crippen molar-refractivity contribution in [1.29, 1.82) is 0 Å². The molecule has 0 amide bonds. The average Bonchev–Trinajstić information content (AvgIpc) is 3.15. The largest absolute Gasteiger partial charge is 0.497 e. The summed E-state index contributed by atoms with van der Waals surface area (Å²) in [4.78, 5) is 0. The molecule has 2 fully saturated rings. The van der Waals surface area contributed by atoms with E-state index in [1.807, 2.05) is 36.4 Å². The summed E-state index contributed by atoms with van der Waals surface area (Å²) in [6, 6.07) is 12.6. The average molecular weight is 416 g/mol. The number of aliphatic hydroxyl groups is 4. The van der Waals surface area contributed by atoms with Crippen molar-refractivity contribution in [2.75, 3.05) is 20.8 Å². The number of fused-ring (bicyclic) bond motifs is 1. The van der Waals surface area contributed by atoms with Crippen molar-refractivity contribution in [3.63, 3.8) is 0 Å². The van der Waals surface area contributed by atoms with Gasteiger partial charge in [0, 0.05) is 6.07 Å². The second kappa shape index (κ2) is 7.57. The van der Waals surface area contributed by atoms with Gasteiger partial charge in [-0.05, 0) is 35.4 Å². The molecule has 1 aliphatic carbocycles. The van der Waals surface area contributed by atoms with Crippen LogP contribution in [0.1, 0.15) is 11.1 Å². The Labute approximate surface area is 173 Å². The third-order valence-electron chi connectivity index (χ3n) is 5.70. The Hall–Kier alpha value is -2.62. The maximum absolute atomic E-state index is 10.3. The summed E-state index contributed by atoms with van der Waals surface area (Å²) in [5.41, 5.74) is -1.71. The minimum atomic E-state index is -1.92. The predicted octanol–water partition coefficient (Wildman–Crippen LogP) is 0.807. The molecular formula is C22H24O8. The molecule has 0 spiro atoms. The van der Waals surface area contributed by atoms with Crippen LogP contribution >= 0.6 is 0 Å². The Morgan fingerprint density at radius 2 is 1.53 bits per heavy atom. The second-order valence-corrected chi connectivity index (χ2v) is 7.37. The second-order valence-electron chi connectivity index (χ2n) is 7.37. The highest BCUT2D eigenvalue weighted by Crippen LogP contribution is 2.59. The van der Waals surface area contributed by atoms with Crippen LogP contribution in [0, 0.1) is 0 Å². The van der Waals surface area contributed by atoms with E-state index < -0.39 is 36.3 Å². The van der Waals surface area contributed by atoms with Crippen LogP contribution in [-0.4, -0.2) is 71.0 Å². The van der Waals surface area contributed by atoms with E-state index in [-0.39, 0.29) is 0 Å². The molecule has 8 heteroatoms. The van der Waals surface area contributed by atoms with Crippen LogP contribution in [0.2, 0.25) is 0 Å². The Morgan fingerprint density at radius 3 is 2.07 bits per heavy atom. The fraction of sp³-hybridized carbons (Fsp3) is 0.364. The molecule has 8 nitrogen and oxygen atoms in total. The molecule has 2 aliphatic rings. The van der Waals surface area contributed by atoms with Gasteiger partial charge >= 0.3 is 0 Å². The molecule has 0 aromatic heterocycles. The summed E-state index contributed by atoms with van der Waals surface area (Å²) in [5, 5.41) is 39.8. The highest BCUT2D eigenvalue weighted by molar-refractivity contribution is 5.71. The highest BCUT2D eigenvalue weighted by Gasteiger charge is 2.87. The van der Waals surface area contributed by atoms with E-state index in [9.17, 15) is 20.4 Å². The molecular weight excluding hydrogens is 392 g/mol. The van der Waals surface area contributed by atoms with Crippen molar-refractivity contribution in [3.8, 4) is 17.2 Å². The smallest absolute Gasteiger partial charge is 0.230 e. The molecule has 2 aromatic rings. The molecule has 0 bridgehead atoms. The van der Waals surface area contributed by atoms with Gasteiger partial charge in [-0.25, -0.2) is 0 Å². The van der Waals surface area contributed by atoms with Gasteiger partial charge in [0.1, 0.15) is 23.4 Å². The Balaban J connectivity index is 1.43. The molecule has 1 heterocycles. The van der Waals surface area contributed by atoms with Gasteiger partial charge in [-0.15, -0.1) is 0 Å². The summed E-state index contributed by atoms with van der Waals surface area (Å²) in [6.07, 6.45) is -0.209. The fourth-order valence-corrected chi connectivity index (χ4v) is 3.79. The maximum Gasteiger partial charge on any atom is 0.230 e. The lowest BCUT2D eigenvalue weighted by Gasteiger charge is -2.22. The molecule has 1 aliphatic heterocycles. The third-order valence-corrected chi connectivity index (χ3v) is 5.70. The van der Waals surface area contributed by atoms with Crippen LogP contribution in [0.4, 0.5) is 0 Å². The van der Waals surface area contributed by atoms with E-state index >= 15 is 0 Å². The molecule has 0 radical (unpaired) electrons. The van der Waals surface area contributed by atoms with Crippen LogP contribution in [0.25, 0.3) is 12.2 Å². The molecule has 4 rings (SSSR count). The first-order valence-corrected chi connectivity index (χ1v) is 9.43. The molecule has 5 atom stereocenters. The minimum absolute atomic E-state index is 0.409. The lowest BCUT2D eigenvalue weighted by molar-refractivity contribution is -0.169. The highest BCUT2D eigenvalue weighted by atomic mass is 16.7. The van der Waals surface area contributed by atoms with Crippen molar-refractivity contribution in [2.45, 2.75) is 29.7 Å². The zero-order valence-electron chi connectivity index (χ0n) is 16.6. The molecule has 5 unspecified atom stereocenters. The van der Waals surface area contributed by atoms with Gasteiger partial charge in [-0.2, -0.15) is 0 Å². The lowest BCUT2D eigenvalue weighted by atomic mass is 10.1. The molecule has 2 aromatic carbocycles. The molecule has 160 valence electrons. The van der Waals surface area contributed by atoms with E-state index in [2.05, 4.69) is 0 Å². The van der Waals surface area contributed by atoms with Gasteiger partial charge in [0.05, 0.1) is 20.8 Å². The minimum Gasteiger partial charge on any atom is -0.497 e. The zero-order chi connectivity index (χ0) is 21.5. The van der Waals surface area contributed by atoms with E-state index in [1.54, 1.807) is 32.4 Å². The Bertz CT molecular complexity index is 916. The van der Waals surface area contributed by atoms with Crippen molar-refractivity contribution in [1.82, 2.24) is 0 Å². The number of methoxy groups -OCH3 is 2. The summed E-state index contributed by atoms with van der Waals surface area (Å²) in [5.74, 6) is 1.79. The summed E-state index contributed by atoms with van der Waals surface area (Å²) < 4.78 is 21.5. The first-order valence-electron chi connectivity index (χ1n) is 9.43. The zero-order valence-corrected chi connectivity index (χ0v) is 16.6. The fourth-order valence-electron chi connectivity index (χ4n) is 3.79. The molecule has 4 N–H and O–H groups in total. The predicted molar refractivity (Wildman–Crippen MR) is 107 cm³/mol. The Morgan fingerprint density at radius 1 is 0.933 bits per heavy atom. The van der Waals surface area contributed by atoms with Crippen LogP contribution in [-0.2, 0) is 4.74 Å². The summed E-state index contributed by atoms with van der Waals surface area (Å²) in [7, 11) is 3.19. The van der Waals surface area contributed by atoms with Gasteiger partial charge in [0.2, 0.25) is 6.29 Å². The van der Waals surface area contributed by atoms with E-state index in [1.165, 1.54) is 0 Å². The number of aliphatic hydroxyl groups excluding tert-OH is 3. The first-order chi connectivity index (χ1) is 14.4. The van der Waals surface area contributed by atoms with E-state index in [0.717, 1.165) is 11.1 Å². The monoisotopic (exact) mass is 416 g/mol. The summed E-state index contributed by atoms with van der Waals surface area (Å²) >= 11 is 0. The third kappa shape index (κ3) is 3.13. The van der Waals surface area contributed by atoms with Gasteiger partial charge in [0.25, 0.3) is 0 Å². The quantitative estimate of drug-likeness (QED) is 0.490. The van der Waals surface area contributed by atoms with E-state index in [4.69, 9.17) is 18.9 Å². The molecule has 1 saturated heterocycles. The van der Waals surface area contributed by atoms with Crippen molar-refractivity contribution in [2.24, 2.45) is 0 Å². The van der Waals surface area contributed by atoms with Gasteiger partial charge in [-0.1, -0.05) is 24.3 Å². The first kappa shape index (κ1) is 20.6. The molecule has 30 heavy (non-hydrogen) atoms. The number of hydrogen-bond donors (Lipinski definition) is 4. The molecule has 1 saturated carbocycles. The maximum atomic E-state index is 10.3. The van der Waals surface area contributed by atoms with Crippen molar-refractivity contribution < 1.29 is 39.4 Å². The van der Waals surface area contributed by atoms with Crippen molar-refractivity contribution in [3.05, 3.63) is 53.6 Å². The SMILES string of the molecule is COc1cc(/C=C/c2ccc(OC3OC4(CO)C(O)C4(O)C3O)cc2)cc(OC)c1. The van der Waals surface area contributed by atoms with Crippen LogP contribution in [0.15, 0.2) is 42.5 Å². The topological polar surface area (TPSA) is 118 Å². The standard InChI is InChI=1S/C22H24O8/c1-27-16-9-14(10-17(11-16)28-2)4-3-13-5-7-15(8-6-13)29-19-18(24)22(26)20(25)21(22,12-23)30-19/h3-11,18-20,23-26H,12H2,1-2H3/b4-3+. The van der Waals surface area contributed by atoms with Gasteiger partial charge < -0.3 is 39.4 Å². The number of rotatable bonds is 7. The van der Waals surface area contributed by atoms with Gasteiger partial charge in [0.15, 0.2) is 17.3 Å². The van der Waals surface area contributed by atoms with Crippen molar-refractivity contribution >= 4 is 12.2 Å². The van der Waals surface area contributed by atoms with Crippen LogP contribution in [0.3, 0.4) is 0 Å². The number of hydrogen-bond acceptors (Lipinski definition) is 8. The van der Waals surface area contributed by atoms with E-state index in [0.29, 0.717) is 17.2 Å².